The molecule has 0 spiro atoms. The van der Waals surface area contributed by atoms with E-state index in [2.05, 4.69) is 0 Å². The average Bonchev–Trinajstić information content (AvgIpc) is 2.48. The zero-order valence-electron chi connectivity index (χ0n) is 11.5. The van der Waals surface area contributed by atoms with Gasteiger partial charge in [-0.15, -0.1) is 0 Å². The molecule has 2 unspecified atom stereocenters. The Labute approximate surface area is 118 Å². The smallest absolute Gasteiger partial charge is 0.127 e. The van der Waals surface area contributed by atoms with Crippen molar-refractivity contribution >= 4 is 0 Å². The number of aliphatic hydroxyl groups is 1. The van der Waals surface area contributed by atoms with Crippen LogP contribution in [0.3, 0.4) is 0 Å². The van der Waals surface area contributed by atoms with Gasteiger partial charge < -0.3 is 14.6 Å². The maximum Gasteiger partial charge on any atom is 0.127 e. The summed E-state index contributed by atoms with van der Waals surface area (Å²) in [5, 5.41) is 10.2. The molecule has 2 atom stereocenters. The lowest BCUT2D eigenvalue weighted by atomic mass is 9.94. The molecule has 3 nitrogen and oxygen atoms in total. The topological polar surface area (TPSA) is 38.7 Å². The van der Waals surface area contributed by atoms with E-state index in [4.69, 9.17) is 9.47 Å². The Morgan fingerprint density at radius 1 is 1.15 bits per heavy atom. The molecular weight excluding hydrogens is 252 g/mol. The first-order valence-corrected chi connectivity index (χ1v) is 6.79. The summed E-state index contributed by atoms with van der Waals surface area (Å²) in [6.07, 6.45) is 0.0146. The molecule has 2 aromatic rings. The van der Waals surface area contributed by atoms with Crippen molar-refractivity contribution in [3.05, 3.63) is 65.2 Å². The molecule has 1 heterocycles. The summed E-state index contributed by atoms with van der Waals surface area (Å²) in [4.78, 5) is 0. The molecule has 3 rings (SSSR count). The average molecular weight is 270 g/mol. The summed E-state index contributed by atoms with van der Waals surface area (Å²) in [5.74, 6) is 0.775. The second-order valence-electron chi connectivity index (χ2n) is 5.07. The predicted octanol–water partition coefficient (Wildman–Crippen LogP) is 3.39. The fraction of sp³-hybridized carbons (Fsp3) is 0.294. The molecule has 0 saturated carbocycles. The first-order chi connectivity index (χ1) is 9.78. The van der Waals surface area contributed by atoms with E-state index in [-0.39, 0.29) is 6.10 Å². The van der Waals surface area contributed by atoms with Crippen molar-refractivity contribution in [2.45, 2.75) is 25.2 Å². The third-order valence-electron chi connectivity index (χ3n) is 3.65. The standard InChI is InChI=1S/C17H18O3/c1-19-11-12-6-8-13(9-7-12)17-10-15(18)14-4-2-3-5-16(14)20-17/h2-9,15,17-18H,10-11H2,1H3. The molecule has 1 aliphatic heterocycles. The Morgan fingerprint density at radius 2 is 1.90 bits per heavy atom. The van der Waals surface area contributed by atoms with Gasteiger partial charge in [0.2, 0.25) is 0 Å². The van der Waals surface area contributed by atoms with Gasteiger partial charge in [-0.3, -0.25) is 0 Å². The third kappa shape index (κ3) is 2.55. The Kier molecular flexibility index (Phi) is 3.72. The van der Waals surface area contributed by atoms with E-state index in [0.717, 1.165) is 22.4 Å². The van der Waals surface area contributed by atoms with Crippen LogP contribution in [-0.4, -0.2) is 12.2 Å². The molecule has 0 bridgehead atoms. The number of rotatable bonds is 3. The minimum absolute atomic E-state index is 0.100. The monoisotopic (exact) mass is 270 g/mol. The Bertz CT molecular complexity index is 577. The van der Waals surface area contributed by atoms with E-state index in [1.807, 2.05) is 48.5 Å². The Hall–Kier alpha value is -1.84. The molecule has 1 N–H and O–H groups in total. The van der Waals surface area contributed by atoms with Gasteiger partial charge in [0.1, 0.15) is 11.9 Å². The van der Waals surface area contributed by atoms with Gasteiger partial charge in [-0.25, -0.2) is 0 Å². The molecule has 20 heavy (non-hydrogen) atoms. The normalized spacial score (nSPS) is 21.1. The van der Waals surface area contributed by atoms with Crippen molar-refractivity contribution in [1.29, 1.82) is 0 Å². The van der Waals surface area contributed by atoms with E-state index in [1.165, 1.54) is 0 Å². The fourth-order valence-corrected chi connectivity index (χ4v) is 2.59. The van der Waals surface area contributed by atoms with E-state index >= 15 is 0 Å². The number of hydrogen-bond donors (Lipinski definition) is 1. The van der Waals surface area contributed by atoms with Crippen molar-refractivity contribution in [3.63, 3.8) is 0 Å². The van der Waals surface area contributed by atoms with Crippen molar-refractivity contribution in [3.8, 4) is 5.75 Å². The van der Waals surface area contributed by atoms with Gasteiger partial charge in [-0.05, 0) is 17.2 Å². The van der Waals surface area contributed by atoms with Crippen molar-refractivity contribution in [1.82, 2.24) is 0 Å². The van der Waals surface area contributed by atoms with Crippen LogP contribution in [0, 0.1) is 0 Å². The van der Waals surface area contributed by atoms with Crippen LogP contribution in [0.4, 0.5) is 0 Å². The fourth-order valence-electron chi connectivity index (χ4n) is 2.59. The zero-order chi connectivity index (χ0) is 13.9. The Balaban J connectivity index is 1.82. The highest BCUT2D eigenvalue weighted by Crippen LogP contribution is 2.40. The second kappa shape index (κ2) is 5.65. The molecule has 104 valence electrons. The van der Waals surface area contributed by atoms with Gasteiger partial charge in [0.05, 0.1) is 12.7 Å². The van der Waals surface area contributed by atoms with Crippen LogP contribution in [0.2, 0.25) is 0 Å². The molecule has 2 aromatic carbocycles. The van der Waals surface area contributed by atoms with Crippen LogP contribution in [0.15, 0.2) is 48.5 Å². The Morgan fingerprint density at radius 3 is 2.65 bits per heavy atom. The number of fused-ring (bicyclic) bond motifs is 1. The van der Waals surface area contributed by atoms with Crippen LogP contribution in [0.5, 0.6) is 5.75 Å². The summed E-state index contributed by atoms with van der Waals surface area (Å²) in [6, 6.07) is 15.8. The number of methoxy groups -OCH3 is 1. The van der Waals surface area contributed by atoms with Crippen molar-refractivity contribution in [2.24, 2.45) is 0 Å². The maximum absolute atomic E-state index is 10.2. The molecular formula is C17H18O3. The first kappa shape index (κ1) is 13.2. The van der Waals surface area contributed by atoms with Gasteiger partial charge in [0.15, 0.2) is 0 Å². The lowest BCUT2D eigenvalue weighted by Crippen LogP contribution is -2.18. The quantitative estimate of drug-likeness (QED) is 0.929. The van der Waals surface area contributed by atoms with Crippen molar-refractivity contribution in [2.75, 3.05) is 7.11 Å². The lowest BCUT2D eigenvalue weighted by molar-refractivity contribution is 0.0657. The van der Waals surface area contributed by atoms with Crippen molar-refractivity contribution < 1.29 is 14.6 Å². The summed E-state index contributed by atoms with van der Waals surface area (Å²) >= 11 is 0. The van der Waals surface area contributed by atoms with Crippen LogP contribution in [-0.2, 0) is 11.3 Å². The van der Waals surface area contributed by atoms with Crippen LogP contribution < -0.4 is 4.74 Å². The highest BCUT2D eigenvalue weighted by Gasteiger charge is 2.27. The number of hydrogen-bond acceptors (Lipinski definition) is 3. The molecule has 3 heteroatoms. The number of aliphatic hydroxyl groups excluding tert-OH is 1. The van der Waals surface area contributed by atoms with E-state index in [1.54, 1.807) is 7.11 Å². The molecule has 0 amide bonds. The molecule has 0 fully saturated rings. The highest BCUT2D eigenvalue weighted by atomic mass is 16.5. The SMILES string of the molecule is COCc1ccc(C2CC(O)c3ccccc3O2)cc1. The van der Waals surface area contributed by atoms with Crippen LogP contribution in [0.25, 0.3) is 0 Å². The van der Waals surface area contributed by atoms with E-state index in [0.29, 0.717) is 13.0 Å². The van der Waals surface area contributed by atoms with Gasteiger partial charge in [-0.1, -0.05) is 42.5 Å². The molecule has 0 aliphatic carbocycles. The number of para-hydroxylation sites is 1. The van der Waals surface area contributed by atoms with Gasteiger partial charge in [0.25, 0.3) is 0 Å². The summed E-state index contributed by atoms with van der Waals surface area (Å²) in [7, 11) is 1.69. The van der Waals surface area contributed by atoms with Crippen LogP contribution in [0.1, 0.15) is 35.3 Å². The minimum Gasteiger partial charge on any atom is -0.485 e. The molecule has 0 radical (unpaired) electrons. The predicted molar refractivity (Wildman–Crippen MR) is 76.5 cm³/mol. The van der Waals surface area contributed by atoms with E-state index < -0.39 is 6.10 Å². The summed E-state index contributed by atoms with van der Waals surface area (Å²) < 4.78 is 11.1. The largest absolute Gasteiger partial charge is 0.485 e. The van der Waals surface area contributed by atoms with Gasteiger partial charge >= 0.3 is 0 Å². The highest BCUT2D eigenvalue weighted by molar-refractivity contribution is 5.38. The second-order valence-corrected chi connectivity index (χ2v) is 5.07. The van der Waals surface area contributed by atoms with Gasteiger partial charge in [0, 0.05) is 19.1 Å². The maximum atomic E-state index is 10.2. The lowest BCUT2D eigenvalue weighted by Gasteiger charge is -2.29. The van der Waals surface area contributed by atoms with E-state index in [9.17, 15) is 5.11 Å². The summed E-state index contributed by atoms with van der Waals surface area (Å²) in [6.45, 7) is 0.608. The molecule has 0 saturated heterocycles. The first-order valence-electron chi connectivity index (χ1n) is 6.79. The zero-order valence-corrected chi connectivity index (χ0v) is 11.5. The third-order valence-corrected chi connectivity index (χ3v) is 3.65. The van der Waals surface area contributed by atoms with Gasteiger partial charge in [-0.2, -0.15) is 0 Å². The van der Waals surface area contributed by atoms with Crippen LogP contribution >= 0.6 is 0 Å². The minimum atomic E-state index is -0.469. The number of ether oxygens (including phenoxy) is 2. The number of benzene rings is 2. The summed E-state index contributed by atoms with van der Waals surface area (Å²) in [5.41, 5.74) is 3.09. The molecule has 0 aromatic heterocycles. The molecule has 1 aliphatic rings.